The van der Waals surface area contributed by atoms with E-state index in [9.17, 15) is 0 Å². The van der Waals surface area contributed by atoms with Crippen LogP contribution < -0.4 is 10.1 Å². The lowest BCUT2D eigenvalue weighted by molar-refractivity contribution is 0.414. The molecule has 0 amide bonds. The molecule has 0 saturated heterocycles. The molecule has 0 radical (unpaired) electrons. The zero-order valence-corrected chi connectivity index (χ0v) is 18.9. The largest absolute Gasteiger partial charge is 0.497 e. The first-order valence-corrected chi connectivity index (χ1v) is 11.2. The number of aromatic nitrogens is 2. The monoisotopic (exact) mass is 433 g/mol. The number of imidazole rings is 1. The van der Waals surface area contributed by atoms with Crippen molar-refractivity contribution in [3.63, 3.8) is 0 Å². The zero-order valence-electron chi connectivity index (χ0n) is 18.9. The minimum absolute atomic E-state index is 0.808. The Morgan fingerprint density at radius 2 is 1.45 bits per heavy atom. The van der Waals surface area contributed by atoms with Gasteiger partial charge in [0.1, 0.15) is 11.6 Å². The van der Waals surface area contributed by atoms with Crippen molar-refractivity contribution in [1.29, 1.82) is 0 Å². The van der Waals surface area contributed by atoms with E-state index >= 15 is 0 Å². The summed E-state index contributed by atoms with van der Waals surface area (Å²) in [6.45, 7) is 3.72. The number of nitrogens with zero attached hydrogens (tertiary/aromatic N) is 1. The van der Waals surface area contributed by atoms with E-state index in [0.29, 0.717) is 0 Å². The van der Waals surface area contributed by atoms with E-state index in [0.717, 1.165) is 41.3 Å². The number of H-pyrrole nitrogens is 1. The van der Waals surface area contributed by atoms with E-state index in [-0.39, 0.29) is 0 Å². The molecule has 0 atom stereocenters. The van der Waals surface area contributed by atoms with Crippen LogP contribution in [0.4, 0.5) is 0 Å². The van der Waals surface area contributed by atoms with Gasteiger partial charge in [-0.1, -0.05) is 60.7 Å². The summed E-state index contributed by atoms with van der Waals surface area (Å²) in [5.41, 5.74) is 9.25. The number of benzene rings is 4. The molecule has 0 unspecified atom stereocenters. The Bertz CT molecular complexity index is 1390. The summed E-state index contributed by atoms with van der Waals surface area (Å²) in [7, 11) is 1.69. The Labute approximate surface area is 194 Å². The second-order valence-electron chi connectivity index (χ2n) is 8.29. The lowest BCUT2D eigenvalue weighted by Gasteiger charge is -2.09. The molecule has 5 aromatic rings. The second-order valence-corrected chi connectivity index (χ2v) is 8.29. The lowest BCUT2D eigenvalue weighted by atomic mass is 10.0. The van der Waals surface area contributed by atoms with Crippen molar-refractivity contribution >= 4 is 11.0 Å². The molecule has 0 fully saturated rings. The first-order chi connectivity index (χ1) is 16.2. The number of hydrogen-bond donors (Lipinski definition) is 2. The van der Waals surface area contributed by atoms with Gasteiger partial charge >= 0.3 is 0 Å². The van der Waals surface area contributed by atoms with Gasteiger partial charge in [0.05, 0.1) is 18.1 Å². The number of fused-ring (bicyclic) bond motifs is 1. The molecule has 4 heteroatoms. The van der Waals surface area contributed by atoms with Crippen LogP contribution in [0, 0.1) is 6.92 Å². The van der Waals surface area contributed by atoms with E-state index in [2.05, 4.69) is 96.1 Å². The van der Waals surface area contributed by atoms with Crippen molar-refractivity contribution < 1.29 is 4.74 Å². The molecule has 164 valence electrons. The maximum absolute atomic E-state index is 5.23. The van der Waals surface area contributed by atoms with Gasteiger partial charge in [-0.15, -0.1) is 0 Å². The SMILES string of the molecule is COc1ccc(CNCc2cccc(-c3cccc(-c4nc5c(C)cccc5[nH]4)c3)c2)cc1. The molecule has 4 aromatic carbocycles. The van der Waals surface area contributed by atoms with E-state index in [1.54, 1.807) is 7.11 Å². The van der Waals surface area contributed by atoms with Crippen LogP contribution in [0.3, 0.4) is 0 Å². The van der Waals surface area contributed by atoms with Crippen molar-refractivity contribution in [2.24, 2.45) is 0 Å². The standard InChI is InChI=1S/C29H27N3O/c1-20-6-3-11-27-28(20)32-29(31-27)25-10-5-9-24(17-25)23-8-4-7-22(16-23)19-30-18-21-12-14-26(33-2)15-13-21/h3-17,30H,18-19H2,1-2H3,(H,31,32). The quantitative estimate of drug-likeness (QED) is 0.308. The fraction of sp³-hybridized carbons (Fsp3) is 0.138. The van der Waals surface area contributed by atoms with E-state index in [1.807, 2.05) is 12.1 Å². The molecule has 0 saturated carbocycles. The summed E-state index contributed by atoms with van der Waals surface area (Å²) < 4.78 is 5.23. The van der Waals surface area contributed by atoms with Crippen LogP contribution in [0.15, 0.2) is 91.0 Å². The number of hydrogen-bond acceptors (Lipinski definition) is 3. The van der Waals surface area contributed by atoms with Gasteiger partial charge < -0.3 is 15.0 Å². The molecule has 1 heterocycles. The summed E-state index contributed by atoms with van der Waals surface area (Å²) >= 11 is 0. The second kappa shape index (κ2) is 9.31. The number of aryl methyl sites for hydroxylation is 1. The van der Waals surface area contributed by atoms with E-state index in [4.69, 9.17) is 9.72 Å². The van der Waals surface area contributed by atoms with Crippen LogP contribution >= 0.6 is 0 Å². The minimum Gasteiger partial charge on any atom is -0.497 e. The fourth-order valence-corrected chi connectivity index (χ4v) is 4.11. The van der Waals surface area contributed by atoms with E-state index in [1.165, 1.54) is 27.8 Å². The van der Waals surface area contributed by atoms with Crippen molar-refractivity contribution in [2.45, 2.75) is 20.0 Å². The third kappa shape index (κ3) is 4.66. The third-order valence-electron chi connectivity index (χ3n) is 5.93. The van der Waals surface area contributed by atoms with E-state index < -0.39 is 0 Å². The number of aromatic amines is 1. The number of nitrogens with one attached hydrogen (secondary N) is 2. The molecule has 5 rings (SSSR count). The zero-order chi connectivity index (χ0) is 22.6. The molecule has 0 aliphatic rings. The number of ether oxygens (including phenoxy) is 1. The lowest BCUT2D eigenvalue weighted by Crippen LogP contribution is -2.12. The summed E-state index contributed by atoms with van der Waals surface area (Å²) in [5, 5.41) is 3.54. The number of rotatable bonds is 7. The van der Waals surface area contributed by atoms with Crippen LogP contribution in [0.25, 0.3) is 33.5 Å². The average Bonchev–Trinajstić information content (AvgIpc) is 3.31. The van der Waals surface area contributed by atoms with Gasteiger partial charge in [0.2, 0.25) is 0 Å². The number of methoxy groups -OCH3 is 1. The summed E-state index contributed by atoms with van der Waals surface area (Å²) in [6, 6.07) is 31.7. The molecular formula is C29H27N3O. The first-order valence-electron chi connectivity index (χ1n) is 11.2. The predicted octanol–water partition coefficient (Wildman–Crippen LogP) is 6.50. The summed E-state index contributed by atoms with van der Waals surface area (Å²) in [4.78, 5) is 8.31. The smallest absolute Gasteiger partial charge is 0.138 e. The first kappa shape index (κ1) is 21.0. The van der Waals surface area contributed by atoms with Gasteiger partial charge in [-0.2, -0.15) is 0 Å². The van der Waals surface area contributed by atoms with Crippen LogP contribution in [0.5, 0.6) is 5.75 Å². The summed E-state index contributed by atoms with van der Waals surface area (Å²) in [6.07, 6.45) is 0. The Balaban J connectivity index is 1.32. The predicted molar refractivity (Wildman–Crippen MR) is 135 cm³/mol. The Hall–Kier alpha value is -3.89. The normalized spacial score (nSPS) is 11.1. The Morgan fingerprint density at radius 1 is 0.758 bits per heavy atom. The van der Waals surface area contributed by atoms with Crippen molar-refractivity contribution in [1.82, 2.24) is 15.3 Å². The van der Waals surface area contributed by atoms with Crippen LogP contribution in [0.2, 0.25) is 0 Å². The molecule has 0 aliphatic carbocycles. The average molecular weight is 434 g/mol. The van der Waals surface area contributed by atoms with Gasteiger partial charge in [0, 0.05) is 18.7 Å². The highest BCUT2D eigenvalue weighted by molar-refractivity contribution is 5.83. The number of para-hydroxylation sites is 1. The highest BCUT2D eigenvalue weighted by Crippen LogP contribution is 2.27. The highest BCUT2D eigenvalue weighted by Gasteiger charge is 2.08. The van der Waals surface area contributed by atoms with Crippen LogP contribution in [-0.2, 0) is 13.1 Å². The molecule has 4 nitrogen and oxygen atoms in total. The molecule has 0 spiro atoms. The van der Waals surface area contributed by atoms with Gasteiger partial charge in [-0.3, -0.25) is 0 Å². The van der Waals surface area contributed by atoms with Crippen molar-refractivity contribution in [3.8, 4) is 28.3 Å². The van der Waals surface area contributed by atoms with Crippen LogP contribution in [-0.4, -0.2) is 17.1 Å². The van der Waals surface area contributed by atoms with Crippen molar-refractivity contribution in [3.05, 3.63) is 108 Å². The Kier molecular flexibility index (Phi) is 5.92. The third-order valence-corrected chi connectivity index (χ3v) is 5.93. The maximum atomic E-state index is 5.23. The maximum Gasteiger partial charge on any atom is 0.138 e. The molecule has 0 bridgehead atoms. The summed E-state index contributed by atoms with van der Waals surface area (Å²) in [5.74, 6) is 1.78. The van der Waals surface area contributed by atoms with Crippen LogP contribution in [0.1, 0.15) is 16.7 Å². The molecule has 0 aliphatic heterocycles. The van der Waals surface area contributed by atoms with Gasteiger partial charge in [0.15, 0.2) is 0 Å². The topological polar surface area (TPSA) is 49.9 Å². The van der Waals surface area contributed by atoms with Gasteiger partial charge in [-0.25, -0.2) is 4.98 Å². The molecule has 1 aromatic heterocycles. The Morgan fingerprint density at radius 3 is 2.24 bits per heavy atom. The molecular weight excluding hydrogens is 406 g/mol. The molecule has 2 N–H and O–H groups in total. The molecule has 33 heavy (non-hydrogen) atoms. The highest BCUT2D eigenvalue weighted by atomic mass is 16.5. The van der Waals surface area contributed by atoms with Crippen molar-refractivity contribution in [2.75, 3.05) is 7.11 Å². The van der Waals surface area contributed by atoms with Gasteiger partial charge in [-0.05, 0) is 65.1 Å². The van der Waals surface area contributed by atoms with Gasteiger partial charge in [0.25, 0.3) is 0 Å². The minimum atomic E-state index is 0.808. The fourth-order valence-electron chi connectivity index (χ4n) is 4.11.